The van der Waals surface area contributed by atoms with E-state index in [0.717, 1.165) is 12.0 Å². The number of H-pyrrole nitrogens is 1. The van der Waals surface area contributed by atoms with Gasteiger partial charge >= 0.3 is 0 Å². The summed E-state index contributed by atoms with van der Waals surface area (Å²) < 4.78 is 5.24. The van der Waals surface area contributed by atoms with Crippen LogP contribution < -0.4 is 0 Å². The molecule has 2 amide bonds. The Kier molecular flexibility index (Phi) is 7.05. The lowest BCUT2D eigenvalue weighted by Crippen LogP contribution is -2.46. The number of aromatic nitrogens is 3. The van der Waals surface area contributed by atoms with Crippen molar-refractivity contribution in [2.75, 3.05) is 45.6 Å². The average molecular weight is 404 g/mol. The number of hydrogen-bond donors (Lipinski definition) is 1. The van der Waals surface area contributed by atoms with Gasteiger partial charge in [0.05, 0.1) is 25.5 Å². The number of thioether (sulfide) groups is 1. The SMILES string of the molecule is CCc1ccc(-c2nc(SCC(=O)N(C)CC(=O)N3CCOCC3)n[nH]2)cc1. The van der Waals surface area contributed by atoms with E-state index in [2.05, 4.69) is 34.2 Å². The number of amides is 2. The molecule has 0 saturated carbocycles. The zero-order valence-corrected chi connectivity index (χ0v) is 17.0. The topological polar surface area (TPSA) is 91.4 Å². The number of nitrogens with one attached hydrogen (secondary N) is 1. The molecule has 0 unspecified atom stereocenters. The van der Waals surface area contributed by atoms with Crippen LogP contribution >= 0.6 is 11.8 Å². The van der Waals surface area contributed by atoms with E-state index >= 15 is 0 Å². The van der Waals surface area contributed by atoms with Gasteiger partial charge in [0.1, 0.15) is 0 Å². The molecule has 0 spiro atoms. The Morgan fingerprint density at radius 1 is 1.25 bits per heavy atom. The van der Waals surface area contributed by atoms with Gasteiger partial charge in [0, 0.05) is 25.7 Å². The van der Waals surface area contributed by atoms with Gasteiger partial charge in [-0.3, -0.25) is 14.7 Å². The molecule has 1 aliphatic heterocycles. The molecule has 3 rings (SSSR count). The largest absolute Gasteiger partial charge is 0.378 e. The Balaban J connectivity index is 1.48. The van der Waals surface area contributed by atoms with Crippen LogP contribution in [0.3, 0.4) is 0 Å². The van der Waals surface area contributed by atoms with Crippen molar-refractivity contribution in [3.63, 3.8) is 0 Å². The summed E-state index contributed by atoms with van der Waals surface area (Å²) in [5.41, 5.74) is 2.22. The fraction of sp³-hybridized carbons (Fsp3) is 0.474. The summed E-state index contributed by atoms with van der Waals surface area (Å²) in [6, 6.07) is 8.14. The molecule has 28 heavy (non-hydrogen) atoms. The normalized spacial score (nSPS) is 14.1. The summed E-state index contributed by atoms with van der Waals surface area (Å²) in [7, 11) is 1.64. The number of carbonyl (C=O) groups is 2. The zero-order valence-electron chi connectivity index (χ0n) is 16.2. The minimum Gasteiger partial charge on any atom is -0.378 e. The van der Waals surface area contributed by atoms with Gasteiger partial charge < -0.3 is 14.5 Å². The number of likely N-dealkylation sites (N-methyl/N-ethyl adjacent to an activating group) is 1. The number of aryl methyl sites for hydroxylation is 1. The van der Waals surface area contributed by atoms with Gasteiger partial charge in [-0.15, -0.1) is 5.10 Å². The molecule has 0 bridgehead atoms. The van der Waals surface area contributed by atoms with E-state index in [1.54, 1.807) is 11.9 Å². The first kappa shape index (κ1) is 20.3. The summed E-state index contributed by atoms with van der Waals surface area (Å²) in [6.45, 7) is 4.44. The lowest BCUT2D eigenvalue weighted by atomic mass is 10.1. The van der Waals surface area contributed by atoms with Crippen LogP contribution in [0.4, 0.5) is 0 Å². The van der Waals surface area contributed by atoms with Gasteiger partial charge in [0.15, 0.2) is 5.82 Å². The molecule has 1 aromatic carbocycles. The van der Waals surface area contributed by atoms with Gasteiger partial charge in [-0.2, -0.15) is 0 Å². The highest BCUT2D eigenvalue weighted by atomic mass is 32.2. The molecule has 8 nitrogen and oxygen atoms in total. The molecule has 9 heteroatoms. The monoisotopic (exact) mass is 403 g/mol. The summed E-state index contributed by atoms with van der Waals surface area (Å²) in [5, 5.41) is 7.59. The summed E-state index contributed by atoms with van der Waals surface area (Å²) in [5.74, 6) is 0.664. The van der Waals surface area contributed by atoms with E-state index in [4.69, 9.17) is 4.74 Å². The lowest BCUT2D eigenvalue weighted by Gasteiger charge is -2.28. The van der Waals surface area contributed by atoms with Crippen molar-refractivity contribution in [1.82, 2.24) is 25.0 Å². The van der Waals surface area contributed by atoms with E-state index < -0.39 is 0 Å². The first-order valence-electron chi connectivity index (χ1n) is 9.31. The molecular formula is C19H25N5O3S. The van der Waals surface area contributed by atoms with Crippen molar-refractivity contribution in [2.24, 2.45) is 0 Å². The number of benzene rings is 1. The first-order valence-corrected chi connectivity index (χ1v) is 10.3. The number of rotatable bonds is 7. The Hall–Kier alpha value is -2.39. The van der Waals surface area contributed by atoms with Crippen LogP contribution in [-0.2, 0) is 20.7 Å². The molecule has 0 radical (unpaired) electrons. The number of ether oxygens (including phenoxy) is 1. The second kappa shape index (κ2) is 9.70. The van der Waals surface area contributed by atoms with Crippen molar-refractivity contribution in [3.05, 3.63) is 29.8 Å². The molecular weight excluding hydrogens is 378 g/mol. The van der Waals surface area contributed by atoms with Crippen LogP contribution in [-0.4, -0.2) is 82.4 Å². The smallest absolute Gasteiger partial charge is 0.242 e. The fourth-order valence-corrected chi connectivity index (χ4v) is 3.52. The maximum absolute atomic E-state index is 12.3. The van der Waals surface area contributed by atoms with Crippen molar-refractivity contribution in [3.8, 4) is 11.4 Å². The van der Waals surface area contributed by atoms with Crippen molar-refractivity contribution in [1.29, 1.82) is 0 Å². The second-order valence-electron chi connectivity index (χ2n) is 6.55. The third kappa shape index (κ3) is 5.32. The minimum absolute atomic E-state index is 0.0557. The Morgan fingerprint density at radius 3 is 2.64 bits per heavy atom. The number of aromatic amines is 1. The lowest BCUT2D eigenvalue weighted by molar-refractivity contribution is -0.140. The predicted octanol–water partition coefficient (Wildman–Crippen LogP) is 1.44. The Bertz CT molecular complexity index is 802. The quantitative estimate of drug-likeness (QED) is 0.704. The van der Waals surface area contributed by atoms with Crippen molar-refractivity contribution < 1.29 is 14.3 Å². The van der Waals surface area contributed by atoms with Crippen LogP contribution in [0.15, 0.2) is 29.4 Å². The molecule has 0 atom stereocenters. The standard InChI is InChI=1S/C19H25N5O3S/c1-3-14-4-6-15(7-5-14)18-20-19(22-21-18)28-13-17(26)23(2)12-16(25)24-8-10-27-11-9-24/h4-7H,3,8-13H2,1-2H3,(H,20,21,22). The van der Waals surface area contributed by atoms with E-state index in [9.17, 15) is 9.59 Å². The highest BCUT2D eigenvalue weighted by molar-refractivity contribution is 7.99. The van der Waals surface area contributed by atoms with Crippen molar-refractivity contribution in [2.45, 2.75) is 18.5 Å². The molecule has 1 aromatic heterocycles. The molecule has 150 valence electrons. The van der Waals surface area contributed by atoms with Crippen LogP contribution in [0.5, 0.6) is 0 Å². The predicted molar refractivity (Wildman–Crippen MR) is 107 cm³/mol. The van der Waals surface area contributed by atoms with Crippen LogP contribution in [0.2, 0.25) is 0 Å². The van der Waals surface area contributed by atoms with Gasteiger partial charge in [-0.25, -0.2) is 4.98 Å². The fourth-order valence-electron chi connectivity index (χ4n) is 2.78. The molecule has 1 N–H and O–H groups in total. The molecule has 1 saturated heterocycles. The highest BCUT2D eigenvalue weighted by Gasteiger charge is 2.20. The molecule has 1 fully saturated rings. The van der Waals surface area contributed by atoms with Gasteiger partial charge in [-0.1, -0.05) is 43.0 Å². The first-order chi connectivity index (χ1) is 13.6. The van der Waals surface area contributed by atoms with Gasteiger partial charge in [0.25, 0.3) is 0 Å². The third-order valence-corrected chi connectivity index (χ3v) is 5.42. The molecule has 2 aromatic rings. The maximum atomic E-state index is 12.3. The van der Waals surface area contributed by atoms with Crippen LogP contribution in [0, 0.1) is 0 Å². The maximum Gasteiger partial charge on any atom is 0.242 e. The van der Waals surface area contributed by atoms with Crippen LogP contribution in [0.25, 0.3) is 11.4 Å². The third-order valence-electron chi connectivity index (χ3n) is 4.59. The van der Waals surface area contributed by atoms with E-state index in [0.29, 0.717) is 37.3 Å². The summed E-state index contributed by atoms with van der Waals surface area (Å²) in [4.78, 5) is 32.2. The minimum atomic E-state index is -0.134. The molecule has 1 aliphatic rings. The number of carbonyl (C=O) groups excluding carboxylic acids is 2. The van der Waals surface area contributed by atoms with Crippen LogP contribution in [0.1, 0.15) is 12.5 Å². The van der Waals surface area contributed by atoms with E-state index in [1.807, 2.05) is 12.1 Å². The zero-order chi connectivity index (χ0) is 19.9. The summed E-state index contributed by atoms with van der Waals surface area (Å²) >= 11 is 1.25. The second-order valence-corrected chi connectivity index (χ2v) is 7.49. The molecule has 0 aliphatic carbocycles. The number of morpholine rings is 1. The molecule has 2 heterocycles. The Morgan fingerprint density at radius 2 is 1.96 bits per heavy atom. The number of hydrogen-bond acceptors (Lipinski definition) is 6. The number of nitrogens with zero attached hydrogens (tertiary/aromatic N) is 4. The van der Waals surface area contributed by atoms with Crippen molar-refractivity contribution >= 4 is 23.6 Å². The Labute approximate surface area is 168 Å². The van der Waals surface area contributed by atoms with E-state index in [-0.39, 0.29) is 24.1 Å². The van der Waals surface area contributed by atoms with Gasteiger partial charge in [0.2, 0.25) is 17.0 Å². The average Bonchev–Trinajstić information content (AvgIpc) is 3.21. The summed E-state index contributed by atoms with van der Waals surface area (Å²) in [6.07, 6.45) is 0.988. The van der Waals surface area contributed by atoms with E-state index in [1.165, 1.54) is 22.2 Å². The van der Waals surface area contributed by atoms with Gasteiger partial charge in [-0.05, 0) is 12.0 Å². The highest BCUT2D eigenvalue weighted by Crippen LogP contribution is 2.20.